The van der Waals surface area contributed by atoms with Crippen molar-refractivity contribution in [3.8, 4) is 11.5 Å². The number of carbonyl (C=O) groups is 1. The van der Waals surface area contributed by atoms with Crippen molar-refractivity contribution < 1.29 is 19.4 Å². The lowest BCUT2D eigenvalue weighted by molar-refractivity contribution is -0.125. The highest BCUT2D eigenvalue weighted by Gasteiger charge is 2.27. The average molecular weight is 373 g/mol. The first-order valence-corrected chi connectivity index (χ1v) is 9.23. The summed E-state index contributed by atoms with van der Waals surface area (Å²) in [6.45, 7) is 0. The Bertz CT molecular complexity index is 762. The van der Waals surface area contributed by atoms with Crippen molar-refractivity contribution in [1.82, 2.24) is 0 Å². The van der Waals surface area contributed by atoms with E-state index in [-0.39, 0.29) is 17.3 Å². The predicted octanol–water partition coefficient (Wildman–Crippen LogP) is 3.43. The molecular formula is C20H23NO4S. The summed E-state index contributed by atoms with van der Waals surface area (Å²) >= 11 is 1.60. The number of aromatic hydroxyl groups is 1. The first-order chi connectivity index (χ1) is 12.6. The number of nitrogens with two attached hydrogens (primary N) is 1. The zero-order chi connectivity index (χ0) is 18.9. The summed E-state index contributed by atoms with van der Waals surface area (Å²) in [5, 5.41) is 9.95. The third-order valence-corrected chi connectivity index (χ3v) is 4.92. The molecule has 0 amide bonds. The molecule has 1 atom stereocenters. The molecule has 1 unspecified atom stereocenters. The first kappa shape index (κ1) is 19.9. The highest BCUT2D eigenvalue weighted by atomic mass is 32.2. The Morgan fingerprint density at radius 2 is 1.92 bits per heavy atom. The van der Waals surface area contributed by atoms with Crippen LogP contribution in [0.4, 0.5) is 0 Å². The Balaban J connectivity index is 2.11. The van der Waals surface area contributed by atoms with Crippen LogP contribution in [0.3, 0.4) is 0 Å². The third kappa shape index (κ3) is 4.80. The van der Waals surface area contributed by atoms with E-state index in [4.69, 9.17) is 15.2 Å². The summed E-state index contributed by atoms with van der Waals surface area (Å²) in [4.78, 5) is 12.9. The molecule has 0 fully saturated rings. The second-order valence-electron chi connectivity index (χ2n) is 5.55. The molecule has 2 rings (SSSR count). The molecule has 2 aromatic carbocycles. The van der Waals surface area contributed by atoms with Crippen LogP contribution in [0.5, 0.6) is 11.5 Å². The molecule has 0 heterocycles. The Morgan fingerprint density at radius 3 is 2.54 bits per heavy atom. The molecule has 0 aliphatic carbocycles. The minimum absolute atomic E-state index is 0.0448. The smallest absolute Gasteiger partial charge is 0.194 e. The molecular weight excluding hydrogens is 350 g/mol. The van der Waals surface area contributed by atoms with Gasteiger partial charge in [-0.3, -0.25) is 4.79 Å². The van der Waals surface area contributed by atoms with Gasteiger partial charge in [0.05, 0.1) is 7.11 Å². The van der Waals surface area contributed by atoms with Gasteiger partial charge in [-0.1, -0.05) is 42.5 Å². The number of Topliss-reactive ketones (excluding diaryl/α,β-unsaturated/α-hetero) is 1. The lowest BCUT2D eigenvalue weighted by Crippen LogP contribution is -2.19. The number of phenolic OH excluding ortho intramolecular Hbond substituents is 1. The molecule has 0 bridgehead atoms. The molecule has 138 valence electrons. The van der Waals surface area contributed by atoms with E-state index in [1.807, 2.05) is 30.3 Å². The van der Waals surface area contributed by atoms with E-state index in [0.717, 1.165) is 5.75 Å². The summed E-state index contributed by atoms with van der Waals surface area (Å²) in [5.41, 5.74) is 7.80. The number of ketones is 1. The zero-order valence-corrected chi connectivity index (χ0v) is 15.7. The van der Waals surface area contributed by atoms with Crippen molar-refractivity contribution in [2.24, 2.45) is 5.73 Å². The second-order valence-corrected chi connectivity index (χ2v) is 6.54. The van der Waals surface area contributed by atoms with Gasteiger partial charge in [0.15, 0.2) is 17.3 Å². The quantitative estimate of drug-likeness (QED) is 0.656. The van der Waals surface area contributed by atoms with E-state index in [0.29, 0.717) is 16.9 Å². The van der Waals surface area contributed by atoms with E-state index in [9.17, 15) is 9.90 Å². The fraction of sp³-hybridized carbons (Fsp3) is 0.250. The molecule has 0 radical (unpaired) electrons. The number of carbonyl (C=O) groups excluding carboxylic acids is 1. The molecule has 26 heavy (non-hydrogen) atoms. The number of hydrogen-bond acceptors (Lipinski definition) is 6. The number of methoxy groups -OCH3 is 2. The lowest BCUT2D eigenvalue weighted by atomic mass is 9.99. The Hall–Kier alpha value is -2.44. The van der Waals surface area contributed by atoms with Crippen molar-refractivity contribution in [1.29, 1.82) is 0 Å². The molecule has 6 heteroatoms. The molecule has 5 nitrogen and oxygen atoms in total. The second kappa shape index (κ2) is 9.89. The first-order valence-electron chi connectivity index (χ1n) is 8.07. The Labute approximate surface area is 157 Å². The SMILES string of the molecule is COc1c(O)cccc1C(OC)C(=O)/C(=C/N)CSCc1ccccc1. The Morgan fingerprint density at radius 1 is 1.19 bits per heavy atom. The van der Waals surface area contributed by atoms with Crippen LogP contribution >= 0.6 is 11.8 Å². The number of hydrogen-bond donors (Lipinski definition) is 2. The predicted molar refractivity (Wildman–Crippen MR) is 104 cm³/mol. The van der Waals surface area contributed by atoms with Gasteiger partial charge in [0.1, 0.15) is 6.10 Å². The normalized spacial score (nSPS) is 12.6. The highest BCUT2D eigenvalue weighted by Crippen LogP contribution is 2.36. The Kier molecular flexibility index (Phi) is 7.56. The van der Waals surface area contributed by atoms with Gasteiger partial charge in [-0.15, -0.1) is 0 Å². The molecule has 0 aliphatic rings. The van der Waals surface area contributed by atoms with Gasteiger partial charge in [-0.05, 0) is 11.6 Å². The van der Waals surface area contributed by atoms with Crippen LogP contribution in [0.15, 0.2) is 60.3 Å². The van der Waals surface area contributed by atoms with Gasteiger partial charge in [0.2, 0.25) is 0 Å². The van der Waals surface area contributed by atoms with Crippen LogP contribution in [0, 0.1) is 0 Å². The minimum atomic E-state index is -0.899. The fourth-order valence-corrected chi connectivity index (χ4v) is 3.56. The van der Waals surface area contributed by atoms with Crippen LogP contribution in [0.1, 0.15) is 17.2 Å². The van der Waals surface area contributed by atoms with Crippen LogP contribution in [0.2, 0.25) is 0 Å². The summed E-state index contributed by atoms with van der Waals surface area (Å²) in [5.74, 6) is 1.17. The summed E-state index contributed by atoms with van der Waals surface area (Å²) in [7, 11) is 2.88. The van der Waals surface area contributed by atoms with Crippen LogP contribution < -0.4 is 10.5 Å². The molecule has 0 saturated heterocycles. The number of phenols is 1. The number of rotatable bonds is 9. The minimum Gasteiger partial charge on any atom is -0.504 e. The largest absolute Gasteiger partial charge is 0.504 e. The number of ether oxygens (including phenoxy) is 2. The average Bonchev–Trinajstić information content (AvgIpc) is 2.67. The van der Waals surface area contributed by atoms with Crippen molar-refractivity contribution in [2.75, 3.05) is 20.0 Å². The van der Waals surface area contributed by atoms with Gasteiger partial charge in [-0.25, -0.2) is 0 Å². The maximum Gasteiger partial charge on any atom is 0.194 e. The van der Waals surface area contributed by atoms with E-state index in [1.165, 1.54) is 32.0 Å². The maximum atomic E-state index is 12.9. The maximum absolute atomic E-state index is 12.9. The van der Waals surface area contributed by atoms with E-state index in [1.54, 1.807) is 23.9 Å². The molecule has 3 N–H and O–H groups in total. The van der Waals surface area contributed by atoms with Gasteiger partial charge in [-0.2, -0.15) is 11.8 Å². The summed E-state index contributed by atoms with van der Waals surface area (Å²) in [6, 6.07) is 14.8. The topological polar surface area (TPSA) is 81.8 Å². The van der Waals surface area contributed by atoms with Gasteiger partial charge >= 0.3 is 0 Å². The highest BCUT2D eigenvalue weighted by molar-refractivity contribution is 7.98. The number of thioether (sulfide) groups is 1. The molecule has 2 aromatic rings. The van der Waals surface area contributed by atoms with Gasteiger partial charge in [0, 0.05) is 36.0 Å². The zero-order valence-electron chi connectivity index (χ0n) is 14.8. The summed E-state index contributed by atoms with van der Waals surface area (Å²) < 4.78 is 10.6. The van der Waals surface area contributed by atoms with Crippen molar-refractivity contribution in [2.45, 2.75) is 11.9 Å². The monoisotopic (exact) mass is 373 g/mol. The molecule has 0 aromatic heterocycles. The third-order valence-electron chi connectivity index (χ3n) is 3.87. The van der Waals surface area contributed by atoms with Crippen LogP contribution in [-0.4, -0.2) is 30.9 Å². The van der Waals surface area contributed by atoms with Crippen molar-refractivity contribution in [3.05, 3.63) is 71.4 Å². The van der Waals surface area contributed by atoms with Gasteiger partial charge in [0.25, 0.3) is 0 Å². The van der Waals surface area contributed by atoms with Crippen molar-refractivity contribution in [3.63, 3.8) is 0 Å². The standard InChI is InChI=1S/C20H23NO4S/c1-24-19-16(9-6-10-17(19)22)20(25-2)18(23)15(11-21)13-26-12-14-7-4-3-5-8-14/h3-11,20,22H,12-13,21H2,1-2H3/b15-11+. The van der Waals surface area contributed by atoms with E-state index in [2.05, 4.69) is 0 Å². The number of para-hydroxylation sites is 1. The van der Waals surface area contributed by atoms with E-state index < -0.39 is 6.10 Å². The molecule has 0 aliphatic heterocycles. The molecule has 0 saturated carbocycles. The van der Waals surface area contributed by atoms with Crippen LogP contribution in [-0.2, 0) is 15.3 Å². The summed E-state index contributed by atoms with van der Waals surface area (Å²) in [6.07, 6.45) is 0.422. The van der Waals surface area contributed by atoms with Gasteiger partial charge < -0.3 is 20.3 Å². The molecule has 0 spiro atoms. The van der Waals surface area contributed by atoms with Crippen LogP contribution in [0.25, 0.3) is 0 Å². The fourth-order valence-electron chi connectivity index (χ4n) is 2.57. The van der Waals surface area contributed by atoms with E-state index >= 15 is 0 Å². The number of benzene rings is 2. The van der Waals surface area contributed by atoms with Crippen molar-refractivity contribution >= 4 is 17.5 Å². The lowest BCUT2D eigenvalue weighted by Gasteiger charge is -2.19.